The fourth-order valence-electron chi connectivity index (χ4n) is 2.69. The number of nitrogens with one attached hydrogen (secondary N) is 1. The quantitative estimate of drug-likeness (QED) is 0.820. The van der Waals surface area contributed by atoms with Crippen molar-refractivity contribution < 1.29 is 9.53 Å². The molecule has 0 bridgehead atoms. The molecule has 1 aliphatic carbocycles. The van der Waals surface area contributed by atoms with Gasteiger partial charge in [0, 0.05) is 11.6 Å². The van der Waals surface area contributed by atoms with Crippen LogP contribution in [0, 0.1) is 5.41 Å². The lowest BCUT2D eigenvalue weighted by atomic mass is 9.92. The Morgan fingerprint density at radius 1 is 1.43 bits per heavy atom. The van der Waals surface area contributed by atoms with Crippen LogP contribution in [0.3, 0.4) is 0 Å². The first-order valence-corrected chi connectivity index (χ1v) is 7.59. The van der Waals surface area contributed by atoms with E-state index in [4.69, 9.17) is 22.7 Å². The first kappa shape index (κ1) is 15.8. The molecule has 1 aliphatic rings. The molecule has 1 unspecified atom stereocenters. The minimum absolute atomic E-state index is 0.0311. The summed E-state index contributed by atoms with van der Waals surface area (Å²) in [7, 11) is 0. The maximum absolute atomic E-state index is 11.9. The third kappa shape index (κ3) is 4.70. The van der Waals surface area contributed by atoms with Gasteiger partial charge in [-0.1, -0.05) is 26.1 Å². The molecule has 0 aliphatic heterocycles. The molecule has 1 saturated carbocycles. The number of benzene rings is 1. The Morgan fingerprint density at radius 2 is 2.10 bits per heavy atom. The van der Waals surface area contributed by atoms with E-state index in [0.717, 1.165) is 24.8 Å². The summed E-state index contributed by atoms with van der Waals surface area (Å²) in [6.45, 7) is 4.50. The number of hydrogen-bond acceptors (Lipinski definition) is 3. The van der Waals surface area contributed by atoms with Crippen molar-refractivity contribution in [3.63, 3.8) is 0 Å². The van der Waals surface area contributed by atoms with Crippen LogP contribution in [0.15, 0.2) is 24.3 Å². The smallest absolute Gasteiger partial charge is 0.258 e. The molecule has 0 spiro atoms. The Balaban J connectivity index is 1.77. The van der Waals surface area contributed by atoms with Gasteiger partial charge in [0.15, 0.2) is 6.61 Å². The lowest BCUT2D eigenvalue weighted by molar-refractivity contribution is -0.123. The van der Waals surface area contributed by atoms with Crippen molar-refractivity contribution in [1.82, 2.24) is 5.32 Å². The average molecular weight is 306 g/mol. The normalized spacial score (nSPS) is 20.0. The molecule has 0 saturated heterocycles. The van der Waals surface area contributed by atoms with E-state index < -0.39 is 0 Å². The summed E-state index contributed by atoms with van der Waals surface area (Å²) in [5.41, 5.74) is 6.64. The number of amides is 1. The Labute approximate surface area is 131 Å². The second-order valence-electron chi connectivity index (χ2n) is 6.35. The van der Waals surface area contributed by atoms with E-state index in [9.17, 15) is 4.79 Å². The second kappa shape index (κ2) is 6.43. The van der Waals surface area contributed by atoms with Crippen LogP contribution < -0.4 is 15.8 Å². The number of carbonyl (C=O) groups excluding carboxylic acids is 1. The zero-order valence-electron chi connectivity index (χ0n) is 12.5. The largest absolute Gasteiger partial charge is 0.484 e. The molecule has 114 valence electrons. The Hall–Kier alpha value is -1.62. The molecule has 21 heavy (non-hydrogen) atoms. The molecule has 2 rings (SSSR count). The van der Waals surface area contributed by atoms with E-state index in [1.54, 1.807) is 24.3 Å². The Morgan fingerprint density at radius 3 is 2.62 bits per heavy atom. The van der Waals surface area contributed by atoms with Crippen molar-refractivity contribution in [2.75, 3.05) is 6.61 Å². The van der Waals surface area contributed by atoms with Gasteiger partial charge in [-0.05, 0) is 48.9 Å². The fourth-order valence-corrected chi connectivity index (χ4v) is 2.83. The number of rotatable bonds is 5. The average Bonchev–Trinajstić information content (AvgIpc) is 2.76. The van der Waals surface area contributed by atoms with E-state index in [0.29, 0.717) is 16.2 Å². The molecule has 0 aromatic heterocycles. The highest BCUT2D eigenvalue weighted by Gasteiger charge is 2.31. The van der Waals surface area contributed by atoms with E-state index >= 15 is 0 Å². The SMILES string of the molecule is CC1(C)CCC(NC(=O)COc2ccc(C(N)=S)cc2)C1. The molecule has 5 heteroatoms. The van der Waals surface area contributed by atoms with Crippen molar-refractivity contribution in [2.45, 2.75) is 39.2 Å². The summed E-state index contributed by atoms with van der Waals surface area (Å²) < 4.78 is 5.47. The fraction of sp³-hybridized carbons (Fsp3) is 0.500. The van der Waals surface area contributed by atoms with Crippen LogP contribution in [0.1, 0.15) is 38.7 Å². The third-order valence-corrected chi connectivity index (χ3v) is 4.08. The van der Waals surface area contributed by atoms with Gasteiger partial charge in [-0.3, -0.25) is 4.79 Å². The van der Waals surface area contributed by atoms with Gasteiger partial charge >= 0.3 is 0 Å². The summed E-state index contributed by atoms with van der Waals surface area (Å²) in [5.74, 6) is 0.563. The van der Waals surface area contributed by atoms with Crippen LogP contribution in [-0.2, 0) is 4.79 Å². The predicted molar refractivity (Wildman–Crippen MR) is 87.4 cm³/mol. The minimum atomic E-state index is -0.0730. The monoisotopic (exact) mass is 306 g/mol. The lowest BCUT2D eigenvalue weighted by Crippen LogP contribution is -2.36. The van der Waals surface area contributed by atoms with Crippen LogP contribution in [0.5, 0.6) is 5.75 Å². The van der Waals surface area contributed by atoms with E-state index in [1.165, 1.54) is 0 Å². The van der Waals surface area contributed by atoms with Gasteiger partial charge in [-0.25, -0.2) is 0 Å². The highest BCUT2D eigenvalue weighted by Crippen LogP contribution is 2.36. The molecule has 0 radical (unpaired) electrons. The number of ether oxygens (including phenoxy) is 1. The number of hydrogen-bond donors (Lipinski definition) is 2. The molecule has 1 amide bonds. The molecule has 1 atom stereocenters. The predicted octanol–water partition coefficient (Wildman–Crippen LogP) is 2.39. The van der Waals surface area contributed by atoms with Crippen molar-refractivity contribution >= 4 is 23.1 Å². The zero-order chi connectivity index (χ0) is 15.5. The molecule has 1 aromatic rings. The first-order valence-electron chi connectivity index (χ1n) is 7.18. The first-order chi connectivity index (χ1) is 9.85. The van der Waals surface area contributed by atoms with Gasteiger partial charge < -0.3 is 15.8 Å². The number of thiocarbonyl (C=S) groups is 1. The molecular weight excluding hydrogens is 284 g/mol. The van der Waals surface area contributed by atoms with Gasteiger partial charge in [0.2, 0.25) is 0 Å². The maximum Gasteiger partial charge on any atom is 0.258 e. The minimum Gasteiger partial charge on any atom is -0.484 e. The summed E-state index contributed by atoms with van der Waals surface area (Å²) in [5, 5.41) is 3.03. The van der Waals surface area contributed by atoms with Crippen LogP contribution in [0.4, 0.5) is 0 Å². The summed E-state index contributed by atoms with van der Waals surface area (Å²) >= 11 is 4.88. The van der Waals surface area contributed by atoms with Crippen LogP contribution in [0.25, 0.3) is 0 Å². The van der Waals surface area contributed by atoms with Gasteiger partial charge in [-0.15, -0.1) is 0 Å². The molecular formula is C16H22N2O2S. The highest BCUT2D eigenvalue weighted by atomic mass is 32.1. The van der Waals surface area contributed by atoms with Crippen molar-refractivity contribution in [1.29, 1.82) is 0 Å². The topological polar surface area (TPSA) is 64.3 Å². The molecule has 4 nitrogen and oxygen atoms in total. The standard InChI is InChI=1S/C16H22N2O2S/c1-16(2)8-7-12(9-16)18-14(19)10-20-13-5-3-11(4-6-13)15(17)21/h3-6,12H,7-10H2,1-2H3,(H2,17,21)(H,18,19). The van der Waals surface area contributed by atoms with Crippen molar-refractivity contribution in [3.8, 4) is 5.75 Å². The molecule has 1 aromatic carbocycles. The maximum atomic E-state index is 11.9. The van der Waals surface area contributed by atoms with Crippen molar-refractivity contribution in [2.24, 2.45) is 11.1 Å². The van der Waals surface area contributed by atoms with Gasteiger partial charge in [0.05, 0.1) is 0 Å². The molecule has 3 N–H and O–H groups in total. The lowest BCUT2D eigenvalue weighted by Gasteiger charge is -2.18. The second-order valence-corrected chi connectivity index (χ2v) is 6.79. The third-order valence-electron chi connectivity index (χ3n) is 3.84. The van der Waals surface area contributed by atoms with Crippen LogP contribution in [0.2, 0.25) is 0 Å². The number of carbonyl (C=O) groups is 1. The highest BCUT2D eigenvalue weighted by molar-refractivity contribution is 7.80. The van der Waals surface area contributed by atoms with Gasteiger partial charge in [-0.2, -0.15) is 0 Å². The summed E-state index contributed by atoms with van der Waals surface area (Å²) in [6.07, 6.45) is 3.22. The van der Waals surface area contributed by atoms with Gasteiger partial charge in [0.25, 0.3) is 5.91 Å². The van der Waals surface area contributed by atoms with E-state index in [2.05, 4.69) is 19.2 Å². The van der Waals surface area contributed by atoms with E-state index in [1.807, 2.05) is 0 Å². The zero-order valence-corrected chi connectivity index (χ0v) is 13.3. The molecule has 1 fully saturated rings. The van der Waals surface area contributed by atoms with Gasteiger partial charge in [0.1, 0.15) is 10.7 Å². The summed E-state index contributed by atoms with van der Waals surface area (Å²) in [6, 6.07) is 7.37. The molecule has 0 heterocycles. The van der Waals surface area contributed by atoms with Crippen LogP contribution in [-0.4, -0.2) is 23.5 Å². The Bertz CT molecular complexity index is 526. The van der Waals surface area contributed by atoms with Crippen molar-refractivity contribution in [3.05, 3.63) is 29.8 Å². The van der Waals surface area contributed by atoms with E-state index in [-0.39, 0.29) is 18.6 Å². The Kier molecular flexibility index (Phi) is 4.83. The number of nitrogens with two attached hydrogens (primary N) is 1. The summed E-state index contributed by atoms with van der Waals surface area (Å²) in [4.78, 5) is 12.2. The van der Waals surface area contributed by atoms with Crippen LogP contribution >= 0.6 is 12.2 Å².